The average Bonchev–Trinajstić information content (AvgIpc) is 2.14. The topological polar surface area (TPSA) is 55.1 Å². The third-order valence-electron chi connectivity index (χ3n) is 2.25. The first-order chi connectivity index (χ1) is 8.01. The van der Waals surface area contributed by atoms with E-state index in [-0.39, 0.29) is 11.9 Å². The van der Waals surface area contributed by atoms with Crippen molar-refractivity contribution < 1.29 is 4.79 Å². The molecule has 0 fully saturated rings. The second kappa shape index (κ2) is 6.84. The van der Waals surface area contributed by atoms with Crippen LogP contribution in [-0.4, -0.2) is 11.9 Å². The van der Waals surface area contributed by atoms with Gasteiger partial charge in [0.25, 0.3) is 0 Å². The fourth-order valence-corrected chi connectivity index (χ4v) is 2.08. The molecule has 3 nitrogen and oxygen atoms in total. The van der Waals surface area contributed by atoms with E-state index in [2.05, 4.69) is 5.32 Å². The van der Waals surface area contributed by atoms with Gasteiger partial charge in [0, 0.05) is 28.2 Å². The van der Waals surface area contributed by atoms with E-state index in [4.69, 9.17) is 28.9 Å². The van der Waals surface area contributed by atoms with Crippen molar-refractivity contribution in [1.29, 1.82) is 0 Å². The summed E-state index contributed by atoms with van der Waals surface area (Å²) in [4.78, 5) is 11.6. The number of halogens is 2. The summed E-state index contributed by atoms with van der Waals surface area (Å²) in [5, 5.41) is 3.71. The standard InChI is InChI=1S/C12H16Cl2N2O/c1-2-3-10(15)7-12(17)16-11-5-8(13)4-9(14)6-11/h4-6,10H,2-3,7,15H2,1H3,(H,16,17). The quantitative estimate of drug-likeness (QED) is 0.864. The molecular formula is C12H16Cl2N2O. The molecule has 0 saturated heterocycles. The molecule has 94 valence electrons. The molecule has 5 heteroatoms. The molecule has 17 heavy (non-hydrogen) atoms. The summed E-state index contributed by atoms with van der Waals surface area (Å²) in [6.45, 7) is 2.04. The fourth-order valence-electron chi connectivity index (χ4n) is 1.55. The highest BCUT2D eigenvalue weighted by atomic mass is 35.5. The molecule has 1 amide bonds. The van der Waals surface area contributed by atoms with Gasteiger partial charge in [-0.15, -0.1) is 0 Å². The molecule has 0 aromatic heterocycles. The van der Waals surface area contributed by atoms with Crippen LogP contribution in [0.1, 0.15) is 26.2 Å². The van der Waals surface area contributed by atoms with Gasteiger partial charge in [0.1, 0.15) is 0 Å². The first kappa shape index (κ1) is 14.3. The van der Waals surface area contributed by atoms with Gasteiger partial charge in [-0.3, -0.25) is 4.79 Å². The molecule has 1 rings (SSSR count). The lowest BCUT2D eigenvalue weighted by atomic mass is 10.1. The Balaban J connectivity index is 2.56. The number of benzene rings is 1. The van der Waals surface area contributed by atoms with Crippen molar-refractivity contribution in [3.8, 4) is 0 Å². The number of amides is 1. The first-order valence-electron chi connectivity index (χ1n) is 5.52. The van der Waals surface area contributed by atoms with Gasteiger partial charge in [-0.25, -0.2) is 0 Å². The number of carbonyl (C=O) groups is 1. The van der Waals surface area contributed by atoms with Crippen LogP contribution in [0.4, 0.5) is 5.69 Å². The molecule has 1 aromatic carbocycles. The Morgan fingerprint density at radius 2 is 1.94 bits per heavy atom. The zero-order valence-corrected chi connectivity index (χ0v) is 11.2. The highest BCUT2D eigenvalue weighted by molar-refractivity contribution is 6.35. The summed E-state index contributed by atoms with van der Waals surface area (Å²) in [6, 6.07) is 4.81. The molecule has 0 aliphatic rings. The van der Waals surface area contributed by atoms with Gasteiger partial charge in [0.05, 0.1) is 0 Å². The van der Waals surface area contributed by atoms with Crippen molar-refractivity contribution in [2.24, 2.45) is 5.73 Å². The summed E-state index contributed by atoms with van der Waals surface area (Å²) in [6.07, 6.45) is 2.11. The molecule has 0 bridgehead atoms. The van der Waals surface area contributed by atoms with Crippen molar-refractivity contribution in [2.75, 3.05) is 5.32 Å². The molecule has 3 N–H and O–H groups in total. The lowest BCUT2D eigenvalue weighted by Crippen LogP contribution is -2.26. The number of nitrogens with one attached hydrogen (secondary N) is 1. The van der Waals surface area contributed by atoms with Crippen LogP contribution in [0.25, 0.3) is 0 Å². The maximum Gasteiger partial charge on any atom is 0.225 e. The van der Waals surface area contributed by atoms with Crippen LogP contribution >= 0.6 is 23.2 Å². The molecule has 0 radical (unpaired) electrons. The fraction of sp³-hybridized carbons (Fsp3) is 0.417. The number of carbonyl (C=O) groups excluding carboxylic acids is 1. The summed E-state index contributed by atoms with van der Waals surface area (Å²) < 4.78 is 0. The molecule has 1 unspecified atom stereocenters. The molecule has 0 heterocycles. The van der Waals surface area contributed by atoms with E-state index in [0.29, 0.717) is 22.2 Å². The molecule has 0 spiro atoms. The number of hydrogen-bond donors (Lipinski definition) is 2. The summed E-state index contributed by atoms with van der Waals surface area (Å²) >= 11 is 11.7. The van der Waals surface area contributed by atoms with Crippen LogP contribution in [0, 0.1) is 0 Å². The molecule has 1 atom stereocenters. The van der Waals surface area contributed by atoms with E-state index in [0.717, 1.165) is 12.8 Å². The van der Waals surface area contributed by atoms with E-state index < -0.39 is 0 Å². The summed E-state index contributed by atoms with van der Waals surface area (Å²) in [5.41, 5.74) is 6.38. The minimum Gasteiger partial charge on any atom is -0.327 e. The van der Waals surface area contributed by atoms with Crippen molar-refractivity contribution in [3.05, 3.63) is 28.2 Å². The Morgan fingerprint density at radius 1 is 1.35 bits per heavy atom. The lowest BCUT2D eigenvalue weighted by molar-refractivity contribution is -0.116. The zero-order valence-electron chi connectivity index (χ0n) is 9.67. The molecular weight excluding hydrogens is 259 g/mol. The molecule has 0 aliphatic carbocycles. The molecule has 0 aliphatic heterocycles. The van der Waals surface area contributed by atoms with Crippen LogP contribution in [-0.2, 0) is 4.79 Å². The van der Waals surface area contributed by atoms with Crippen LogP contribution in [0.3, 0.4) is 0 Å². The predicted octanol–water partition coefficient (Wildman–Crippen LogP) is 3.45. The SMILES string of the molecule is CCCC(N)CC(=O)Nc1cc(Cl)cc(Cl)c1. The average molecular weight is 275 g/mol. The Labute approximate surface area is 111 Å². The Kier molecular flexibility index (Phi) is 5.75. The van der Waals surface area contributed by atoms with E-state index in [1.54, 1.807) is 18.2 Å². The predicted molar refractivity (Wildman–Crippen MR) is 72.6 cm³/mol. The second-order valence-electron chi connectivity index (χ2n) is 3.96. The first-order valence-corrected chi connectivity index (χ1v) is 6.28. The Morgan fingerprint density at radius 3 is 2.47 bits per heavy atom. The normalized spacial score (nSPS) is 12.2. The smallest absolute Gasteiger partial charge is 0.225 e. The van der Waals surface area contributed by atoms with Crippen molar-refractivity contribution in [3.63, 3.8) is 0 Å². The van der Waals surface area contributed by atoms with Crippen LogP contribution in [0.15, 0.2) is 18.2 Å². The van der Waals surface area contributed by atoms with Gasteiger partial charge < -0.3 is 11.1 Å². The zero-order chi connectivity index (χ0) is 12.8. The van der Waals surface area contributed by atoms with Gasteiger partial charge in [-0.1, -0.05) is 36.5 Å². The maximum atomic E-state index is 11.6. The number of hydrogen-bond acceptors (Lipinski definition) is 2. The van der Waals surface area contributed by atoms with Crippen molar-refractivity contribution >= 4 is 34.8 Å². The highest BCUT2D eigenvalue weighted by Crippen LogP contribution is 2.22. The van der Waals surface area contributed by atoms with Crippen molar-refractivity contribution in [2.45, 2.75) is 32.2 Å². The van der Waals surface area contributed by atoms with E-state index >= 15 is 0 Å². The van der Waals surface area contributed by atoms with E-state index in [1.807, 2.05) is 6.92 Å². The summed E-state index contributed by atoms with van der Waals surface area (Å²) in [7, 11) is 0. The van der Waals surface area contributed by atoms with Gasteiger partial charge in [-0.05, 0) is 24.6 Å². The Bertz CT molecular complexity index is 376. The van der Waals surface area contributed by atoms with E-state index in [1.165, 1.54) is 0 Å². The number of rotatable bonds is 5. The van der Waals surface area contributed by atoms with Crippen LogP contribution in [0.5, 0.6) is 0 Å². The number of nitrogens with two attached hydrogens (primary N) is 1. The van der Waals surface area contributed by atoms with Gasteiger partial charge in [0.2, 0.25) is 5.91 Å². The monoisotopic (exact) mass is 274 g/mol. The Hall–Kier alpha value is -0.770. The minimum absolute atomic E-state index is 0.102. The third-order valence-corrected chi connectivity index (χ3v) is 2.69. The van der Waals surface area contributed by atoms with Crippen LogP contribution < -0.4 is 11.1 Å². The van der Waals surface area contributed by atoms with Gasteiger partial charge in [-0.2, -0.15) is 0 Å². The lowest BCUT2D eigenvalue weighted by Gasteiger charge is -2.11. The molecule has 1 aromatic rings. The van der Waals surface area contributed by atoms with Crippen LogP contribution in [0.2, 0.25) is 10.0 Å². The second-order valence-corrected chi connectivity index (χ2v) is 4.83. The third kappa shape index (κ3) is 5.39. The summed E-state index contributed by atoms with van der Waals surface area (Å²) in [5.74, 6) is -0.121. The van der Waals surface area contributed by atoms with E-state index in [9.17, 15) is 4.79 Å². The molecule has 0 saturated carbocycles. The largest absolute Gasteiger partial charge is 0.327 e. The maximum absolute atomic E-state index is 11.6. The van der Waals surface area contributed by atoms with Crippen molar-refractivity contribution in [1.82, 2.24) is 0 Å². The van der Waals surface area contributed by atoms with Gasteiger partial charge >= 0.3 is 0 Å². The number of anilines is 1. The minimum atomic E-state index is -0.121. The van der Waals surface area contributed by atoms with Gasteiger partial charge in [0.15, 0.2) is 0 Å². The highest BCUT2D eigenvalue weighted by Gasteiger charge is 2.09.